The molecule has 0 spiro atoms. The van der Waals surface area contributed by atoms with Crippen molar-refractivity contribution in [3.8, 4) is 17.3 Å². The third kappa shape index (κ3) is 4.30. The van der Waals surface area contributed by atoms with Gasteiger partial charge >= 0.3 is 0 Å². The third-order valence-corrected chi connectivity index (χ3v) is 6.55. The van der Waals surface area contributed by atoms with Gasteiger partial charge in [-0.05, 0) is 41.8 Å². The zero-order valence-electron chi connectivity index (χ0n) is 19.8. The number of benzene rings is 2. The normalized spacial score (nSPS) is 14.5. The van der Waals surface area contributed by atoms with E-state index in [-0.39, 0.29) is 35.3 Å². The molecule has 9 heteroatoms. The van der Waals surface area contributed by atoms with Gasteiger partial charge in [0.05, 0.1) is 37.3 Å². The molecule has 2 aromatic carbocycles. The van der Waals surface area contributed by atoms with E-state index in [0.717, 1.165) is 24.0 Å². The lowest BCUT2D eigenvalue weighted by atomic mass is 9.84. The molecule has 36 heavy (non-hydrogen) atoms. The number of aromatic nitrogens is 4. The van der Waals surface area contributed by atoms with Crippen molar-refractivity contribution in [2.45, 2.75) is 44.9 Å². The predicted molar refractivity (Wildman–Crippen MR) is 130 cm³/mol. The average molecular weight is 493 g/mol. The molecule has 0 bridgehead atoms. The maximum Gasteiger partial charge on any atom is 0.242 e. The number of unbranched alkanes of at least 4 members (excludes halogenated alkanes) is 1. The summed E-state index contributed by atoms with van der Waals surface area (Å²) in [6.07, 6.45) is 4.47. The molecule has 7 nitrogen and oxygen atoms in total. The summed E-state index contributed by atoms with van der Waals surface area (Å²) in [4.78, 5) is 17.4. The Kier molecular flexibility index (Phi) is 6.65. The molecule has 1 aliphatic rings. The van der Waals surface area contributed by atoms with Gasteiger partial charge in [-0.1, -0.05) is 37.6 Å². The van der Waals surface area contributed by atoms with Crippen LogP contribution >= 0.6 is 0 Å². The molecular weight excluding hydrogens is 466 g/mol. The molecule has 0 saturated carbocycles. The second kappa shape index (κ2) is 10.0. The molecule has 0 radical (unpaired) electrons. The number of rotatable bonds is 8. The van der Waals surface area contributed by atoms with Crippen LogP contribution in [0.25, 0.3) is 11.5 Å². The van der Waals surface area contributed by atoms with Gasteiger partial charge in [0.1, 0.15) is 17.3 Å². The van der Waals surface area contributed by atoms with Crippen LogP contribution in [0.3, 0.4) is 0 Å². The lowest BCUT2D eigenvalue weighted by Crippen LogP contribution is -2.34. The van der Waals surface area contributed by atoms with Gasteiger partial charge in [-0.2, -0.15) is 5.10 Å². The largest absolute Gasteiger partial charge is 0.487 e. The number of imidazole rings is 1. The van der Waals surface area contributed by atoms with Crippen LogP contribution < -0.4 is 10.2 Å². The molecule has 4 aromatic rings. The molecule has 1 aliphatic heterocycles. The Morgan fingerprint density at radius 1 is 1.06 bits per heavy atom. The summed E-state index contributed by atoms with van der Waals surface area (Å²) in [6, 6.07) is 11.9. The first-order valence-electron chi connectivity index (χ1n) is 11.9. The number of hydrogen-bond donors (Lipinski definition) is 1. The lowest BCUT2D eigenvalue weighted by molar-refractivity contribution is 0.257. The van der Waals surface area contributed by atoms with Crippen LogP contribution in [0.4, 0.5) is 8.78 Å². The van der Waals surface area contributed by atoms with Crippen LogP contribution in [0.5, 0.6) is 5.75 Å². The Labute approximate surface area is 206 Å². The van der Waals surface area contributed by atoms with Gasteiger partial charge in [0, 0.05) is 12.5 Å². The molecule has 5 rings (SSSR count). The Morgan fingerprint density at radius 3 is 2.28 bits per heavy atom. The molecule has 2 aromatic heterocycles. The molecule has 3 heterocycles. The number of ether oxygens (including phenoxy) is 1. The number of aliphatic hydroxyl groups is 1. The minimum Gasteiger partial charge on any atom is -0.487 e. The SMILES string of the molecule is CCCCOc1c2n(ncc1=O)[C@@H](C(c1ccc(F)cc1)c1ccc(F)cc1)Cn1c(CO)cnc1-2. The highest BCUT2D eigenvalue weighted by molar-refractivity contribution is 5.61. The fraction of sp³-hybridized carbons (Fsp3) is 0.296. The van der Waals surface area contributed by atoms with E-state index in [1.807, 2.05) is 11.5 Å². The Hall–Kier alpha value is -3.85. The Morgan fingerprint density at radius 2 is 1.69 bits per heavy atom. The topological polar surface area (TPSA) is 82.2 Å². The first-order valence-corrected chi connectivity index (χ1v) is 11.9. The summed E-state index contributed by atoms with van der Waals surface area (Å²) in [5.41, 5.74) is 2.22. The van der Waals surface area contributed by atoms with E-state index in [2.05, 4.69) is 10.1 Å². The van der Waals surface area contributed by atoms with E-state index in [0.29, 0.717) is 30.4 Å². The van der Waals surface area contributed by atoms with Gasteiger partial charge in [-0.15, -0.1) is 0 Å². The fourth-order valence-corrected chi connectivity index (χ4v) is 4.78. The van der Waals surface area contributed by atoms with E-state index >= 15 is 0 Å². The first kappa shape index (κ1) is 23.9. The maximum absolute atomic E-state index is 13.8. The van der Waals surface area contributed by atoms with Crippen molar-refractivity contribution in [2.24, 2.45) is 0 Å². The summed E-state index contributed by atoms with van der Waals surface area (Å²) < 4.78 is 37.2. The number of nitrogens with zero attached hydrogens (tertiary/aromatic N) is 4. The summed E-state index contributed by atoms with van der Waals surface area (Å²) in [6.45, 7) is 2.51. The number of aliphatic hydroxyl groups excluding tert-OH is 1. The molecule has 1 atom stereocenters. The van der Waals surface area contributed by atoms with Crippen LogP contribution in [0, 0.1) is 11.6 Å². The van der Waals surface area contributed by atoms with Crippen LogP contribution in [-0.4, -0.2) is 31.0 Å². The Balaban J connectivity index is 1.73. The molecule has 0 amide bonds. The second-order valence-electron chi connectivity index (χ2n) is 8.82. The molecule has 186 valence electrons. The van der Waals surface area contributed by atoms with Crippen molar-refractivity contribution in [1.29, 1.82) is 0 Å². The van der Waals surface area contributed by atoms with Crippen LogP contribution in [0.15, 0.2) is 65.7 Å². The zero-order chi connectivity index (χ0) is 25.2. The highest BCUT2D eigenvalue weighted by atomic mass is 19.1. The van der Waals surface area contributed by atoms with Crippen molar-refractivity contribution in [1.82, 2.24) is 19.3 Å². The summed E-state index contributed by atoms with van der Waals surface area (Å²) in [5, 5.41) is 14.5. The number of hydrogen-bond acceptors (Lipinski definition) is 5. The molecular formula is C27H26F2N4O3. The predicted octanol–water partition coefficient (Wildman–Crippen LogP) is 4.44. The fourth-order valence-electron chi connectivity index (χ4n) is 4.78. The van der Waals surface area contributed by atoms with Gasteiger partial charge in [0.25, 0.3) is 0 Å². The minimum absolute atomic E-state index is 0.149. The molecule has 0 fully saturated rings. The molecule has 0 saturated heterocycles. The first-order chi connectivity index (χ1) is 17.5. The van der Waals surface area contributed by atoms with E-state index in [1.54, 1.807) is 35.1 Å². The van der Waals surface area contributed by atoms with Crippen molar-refractivity contribution < 1.29 is 18.6 Å². The van der Waals surface area contributed by atoms with Gasteiger partial charge in [0.2, 0.25) is 5.43 Å². The third-order valence-electron chi connectivity index (χ3n) is 6.55. The quantitative estimate of drug-likeness (QED) is 0.368. The van der Waals surface area contributed by atoms with Crippen molar-refractivity contribution >= 4 is 0 Å². The van der Waals surface area contributed by atoms with E-state index in [4.69, 9.17) is 4.74 Å². The zero-order valence-corrected chi connectivity index (χ0v) is 19.8. The van der Waals surface area contributed by atoms with Crippen LogP contribution in [-0.2, 0) is 13.2 Å². The van der Waals surface area contributed by atoms with E-state index in [9.17, 15) is 18.7 Å². The minimum atomic E-state index is -0.419. The number of halogens is 2. The average Bonchev–Trinajstić information content (AvgIpc) is 3.30. The summed E-state index contributed by atoms with van der Waals surface area (Å²) in [5.74, 6) is -0.493. The highest BCUT2D eigenvalue weighted by Gasteiger charge is 2.37. The standard InChI is InChI=1S/C27H26F2N4O3/c1-2-3-12-36-26-23(35)14-31-33-22(15-32-21(16-34)13-30-27(32)25(26)33)24(17-4-8-19(28)9-5-17)18-6-10-20(29)11-7-18/h4-11,13-14,22,24,34H,2-3,12,15-16H2,1H3/t22-/m1/s1. The van der Waals surface area contributed by atoms with Crippen molar-refractivity contribution in [3.63, 3.8) is 0 Å². The second-order valence-corrected chi connectivity index (χ2v) is 8.82. The maximum atomic E-state index is 13.8. The monoisotopic (exact) mass is 492 g/mol. The Bertz CT molecular complexity index is 1370. The van der Waals surface area contributed by atoms with Crippen molar-refractivity contribution in [2.75, 3.05) is 6.61 Å². The molecule has 0 aliphatic carbocycles. The van der Waals surface area contributed by atoms with Crippen LogP contribution in [0.2, 0.25) is 0 Å². The van der Waals surface area contributed by atoms with E-state index in [1.165, 1.54) is 30.5 Å². The van der Waals surface area contributed by atoms with E-state index < -0.39 is 6.04 Å². The van der Waals surface area contributed by atoms with Crippen molar-refractivity contribution in [3.05, 3.63) is 99.6 Å². The smallest absolute Gasteiger partial charge is 0.242 e. The van der Waals surface area contributed by atoms with Gasteiger partial charge in [-0.25, -0.2) is 13.8 Å². The van der Waals surface area contributed by atoms with Gasteiger partial charge in [-0.3, -0.25) is 9.48 Å². The molecule has 1 N–H and O–H groups in total. The molecule has 0 unspecified atom stereocenters. The highest BCUT2D eigenvalue weighted by Crippen LogP contribution is 2.43. The van der Waals surface area contributed by atoms with Gasteiger partial charge in [0.15, 0.2) is 11.6 Å². The van der Waals surface area contributed by atoms with Gasteiger partial charge < -0.3 is 14.4 Å². The summed E-state index contributed by atoms with van der Waals surface area (Å²) >= 11 is 0. The lowest BCUT2D eigenvalue weighted by Gasteiger charge is -2.35. The number of fused-ring (bicyclic) bond motifs is 3. The summed E-state index contributed by atoms with van der Waals surface area (Å²) in [7, 11) is 0. The van der Waals surface area contributed by atoms with Crippen LogP contribution in [0.1, 0.15) is 48.5 Å².